The van der Waals surface area contributed by atoms with Crippen LogP contribution in [-0.4, -0.2) is 46.9 Å². The highest BCUT2D eigenvalue weighted by Gasteiger charge is 2.36. The summed E-state index contributed by atoms with van der Waals surface area (Å²) >= 11 is 0.935. The second-order valence-electron chi connectivity index (χ2n) is 4.95. The van der Waals surface area contributed by atoms with Crippen molar-refractivity contribution in [1.29, 1.82) is 0 Å². The molecule has 0 aromatic carbocycles. The number of carbonyl (C=O) groups is 3. The van der Waals surface area contributed by atoms with Gasteiger partial charge in [-0.2, -0.15) is 0 Å². The summed E-state index contributed by atoms with van der Waals surface area (Å²) in [5.74, 6) is -1.49. The van der Waals surface area contributed by atoms with Crippen molar-refractivity contribution >= 4 is 29.1 Å². The summed E-state index contributed by atoms with van der Waals surface area (Å²) < 4.78 is 0. The van der Waals surface area contributed by atoms with Gasteiger partial charge in [0.15, 0.2) is 0 Å². The van der Waals surface area contributed by atoms with E-state index in [0.29, 0.717) is 18.0 Å². The molecule has 108 valence electrons. The van der Waals surface area contributed by atoms with Crippen molar-refractivity contribution in [3.63, 3.8) is 0 Å². The van der Waals surface area contributed by atoms with E-state index in [-0.39, 0.29) is 22.6 Å². The zero-order valence-corrected chi connectivity index (χ0v) is 12.1. The van der Waals surface area contributed by atoms with Gasteiger partial charge in [0.1, 0.15) is 10.9 Å². The SMILES string of the molecule is CC(C)C1C(=O)NCCN1C(=O)c1ccc(C(=O)O)s1. The number of nitrogens with one attached hydrogen (secondary N) is 1. The Bertz CT molecular complexity index is 552. The van der Waals surface area contributed by atoms with Crippen LogP contribution in [0.4, 0.5) is 0 Å². The highest BCUT2D eigenvalue weighted by molar-refractivity contribution is 7.15. The number of carboxylic acids is 1. The van der Waals surface area contributed by atoms with Crippen LogP contribution in [0.25, 0.3) is 0 Å². The summed E-state index contributed by atoms with van der Waals surface area (Å²) in [4.78, 5) is 37.2. The van der Waals surface area contributed by atoms with Crippen molar-refractivity contribution in [2.24, 2.45) is 5.92 Å². The van der Waals surface area contributed by atoms with Crippen LogP contribution in [0.1, 0.15) is 33.2 Å². The van der Waals surface area contributed by atoms with Crippen LogP contribution < -0.4 is 5.32 Å². The summed E-state index contributed by atoms with van der Waals surface area (Å²) in [6.07, 6.45) is 0. The molecule has 0 bridgehead atoms. The van der Waals surface area contributed by atoms with Gasteiger partial charge >= 0.3 is 5.97 Å². The average Bonchev–Trinajstić information content (AvgIpc) is 2.86. The lowest BCUT2D eigenvalue weighted by Gasteiger charge is -2.37. The van der Waals surface area contributed by atoms with E-state index in [4.69, 9.17) is 5.11 Å². The van der Waals surface area contributed by atoms with E-state index >= 15 is 0 Å². The standard InChI is InChI=1S/C13H16N2O4S/c1-7(2)10-11(16)14-5-6-15(10)12(17)8-3-4-9(20-8)13(18)19/h3-4,7,10H,5-6H2,1-2H3,(H,14,16)(H,18,19). The number of thiophene rings is 1. The van der Waals surface area contributed by atoms with Crippen molar-refractivity contribution in [2.45, 2.75) is 19.9 Å². The maximum absolute atomic E-state index is 12.5. The maximum atomic E-state index is 12.5. The third-order valence-corrected chi connectivity index (χ3v) is 4.24. The van der Waals surface area contributed by atoms with Crippen molar-refractivity contribution < 1.29 is 19.5 Å². The van der Waals surface area contributed by atoms with Crippen LogP contribution in [0.2, 0.25) is 0 Å². The van der Waals surface area contributed by atoms with Crippen molar-refractivity contribution in [3.8, 4) is 0 Å². The van der Waals surface area contributed by atoms with Crippen molar-refractivity contribution in [3.05, 3.63) is 21.9 Å². The van der Waals surface area contributed by atoms with Gasteiger partial charge < -0.3 is 15.3 Å². The van der Waals surface area contributed by atoms with Gasteiger partial charge in [0.2, 0.25) is 5.91 Å². The molecule has 2 amide bonds. The van der Waals surface area contributed by atoms with Gasteiger partial charge in [-0.25, -0.2) is 4.79 Å². The second-order valence-corrected chi connectivity index (χ2v) is 6.03. The zero-order valence-electron chi connectivity index (χ0n) is 11.3. The predicted molar refractivity (Wildman–Crippen MR) is 74.0 cm³/mol. The molecule has 1 aromatic heterocycles. The lowest BCUT2D eigenvalue weighted by molar-refractivity contribution is -0.129. The van der Waals surface area contributed by atoms with Crippen LogP contribution in [0.5, 0.6) is 0 Å². The molecular formula is C13H16N2O4S. The van der Waals surface area contributed by atoms with E-state index in [1.54, 1.807) is 0 Å². The Morgan fingerprint density at radius 3 is 2.60 bits per heavy atom. The van der Waals surface area contributed by atoms with Gasteiger partial charge in [-0.3, -0.25) is 9.59 Å². The lowest BCUT2D eigenvalue weighted by Crippen LogP contribution is -2.59. The molecule has 2 N–H and O–H groups in total. The first-order chi connectivity index (χ1) is 9.41. The molecule has 20 heavy (non-hydrogen) atoms. The second kappa shape index (κ2) is 5.62. The molecule has 2 rings (SSSR count). The Morgan fingerprint density at radius 1 is 1.40 bits per heavy atom. The molecule has 6 nitrogen and oxygen atoms in total. The summed E-state index contributed by atoms with van der Waals surface area (Å²) in [6.45, 7) is 4.62. The predicted octanol–water partition coefficient (Wildman–Crippen LogP) is 1.04. The molecule has 1 aliphatic heterocycles. The van der Waals surface area contributed by atoms with Gasteiger partial charge in [-0.05, 0) is 18.1 Å². The molecule has 2 heterocycles. The van der Waals surface area contributed by atoms with E-state index in [9.17, 15) is 14.4 Å². The number of nitrogens with zero attached hydrogens (tertiary/aromatic N) is 1. The summed E-state index contributed by atoms with van der Waals surface area (Å²) in [5, 5.41) is 11.6. The van der Waals surface area contributed by atoms with Gasteiger partial charge in [-0.1, -0.05) is 13.8 Å². The van der Waals surface area contributed by atoms with Gasteiger partial charge in [0.05, 0.1) is 4.88 Å². The normalized spacial score (nSPS) is 19.1. The summed E-state index contributed by atoms with van der Waals surface area (Å²) in [7, 11) is 0. The molecule has 1 aromatic rings. The van der Waals surface area contributed by atoms with E-state index in [1.165, 1.54) is 17.0 Å². The van der Waals surface area contributed by atoms with Gasteiger partial charge in [0.25, 0.3) is 5.91 Å². The average molecular weight is 296 g/mol. The highest BCUT2D eigenvalue weighted by Crippen LogP contribution is 2.22. The molecule has 0 radical (unpaired) electrons. The van der Waals surface area contributed by atoms with Gasteiger partial charge in [-0.15, -0.1) is 11.3 Å². The monoisotopic (exact) mass is 296 g/mol. The number of carbonyl (C=O) groups excluding carboxylic acids is 2. The van der Waals surface area contributed by atoms with E-state index in [2.05, 4.69) is 5.32 Å². The minimum absolute atomic E-state index is 0.00171. The van der Waals surface area contributed by atoms with Crippen LogP contribution in [0.3, 0.4) is 0 Å². The quantitative estimate of drug-likeness (QED) is 0.872. The van der Waals surface area contributed by atoms with Crippen LogP contribution in [0, 0.1) is 5.92 Å². The fourth-order valence-electron chi connectivity index (χ4n) is 2.28. The fourth-order valence-corrected chi connectivity index (χ4v) is 3.09. The summed E-state index contributed by atoms with van der Waals surface area (Å²) in [6, 6.07) is 2.40. The molecule has 0 saturated carbocycles. The zero-order chi connectivity index (χ0) is 14.9. The Hall–Kier alpha value is -1.89. The van der Waals surface area contributed by atoms with E-state index in [0.717, 1.165) is 11.3 Å². The molecule has 0 aliphatic carbocycles. The maximum Gasteiger partial charge on any atom is 0.345 e. The molecule has 1 aliphatic rings. The molecule has 1 saturated heterocycles. The Labute approximate surface area is 120 Å². The highest BCUT2D eigenvalue weighted by atomic mass is 32.1. The minimum atomic E-state index is -1.05. The largest absolute Gasteiger partial charge is 0.477 e. The third-order valence-electron chi connectivity index (χ3n) is 3.18. The molecule has 1 unspecified atom stereocenters. The first kappa shape index (κ1) is 14.5. The molecule has 0 spiro atoms. The topological polar surface area (TPSA) is 86.7 Å². The van der Waals surface area contributed by atoms with Crippen LogP contribution in [-0.2, 0) is 4.79 Å². The molecular weight excluding hydrogens is 280 g/mol. The Morgan fingerprint density at radius 2 is 2.05 bits per heavy atom. The number of aromatic carboxylic acids is 1. The molecule has 1 atom stereocenters. The summed E-state index contributed by atoms with van der Waals surface area (Å²) in [5.41, 5.74) is 0. The lowest BCUT2D eigenvalue weighted by atomic mass is 9.99. The van der Waals surface area contributed by atoms with Crippen LogP contribution in [0.15, 0.2) is 12.1 Å². The number of hydrogen-bond acceptors (Lipinski definition) is 4. The smallest absolute Gasteiger partial charge is 0.345 e. The van der Waals surface area contributed by atoms with Crippen molar-refractivity contribution in [2.75, 3.05) is 13.1 Å². The number of carboxylic acid groups (broad SMARTS) is 1. The Balaban J connectivity index is 2.25. The first-order valence-electron chi connectivity index (χ1n) is 6.33. The van der Waals surface area contributed by atoms with E-state index in [1.807, 2.05) is 13.8 Å². The van der Waals surface area contributed by atoms with E-state index < -0.39 is 12.0 Å². The first-order valence-corrected chi connectivity index (χ1v) is 7.15. The Kier molecular flexibility index (Phi) is 4.08. The van der Waals surface area contributed by atoms with Gasteiger partial charge in [0, 0.05) is 13.1 Å². The third kappa shape index (κ3) is 2.67. The number of amides is 2. The number of rotatable bonds is 3. The fraction of sp³-hybridized carbons (Fsp3) is 0.462. The minimum Gasteiger partial charge on any atom is -0.477 e. The van der Waals surface area contributed by atoms with Crippen molar-refractivity contribution in [1.82, 2.24) is 10.2 Å². The number of hydrogen-bond donors (Lipinski definition) is 2. The molecule has 1 fully saturated rings. The number of piperazine rings is 1. The molecule has 7 heteroatoms. The van der Waals surface area contributed by atoms with Crippen LogP contribution >= 0.6 is 11.3 Å².